The molecule has 7 heteroatoms. The van der Waals surface area contributed by atoms with Crippen LogP contribution in [-0.2, 0) is 9.59 Å². The minimum absolute atomic E-state index is 0.0331. The quantitative estimate of drug-likeness (QED) is 0.583. The van der Waals surface area contributed by atoms with Crippen molar-refractivity contribution in [2.24, 2.45) is 0 Å². The first-order valence-electron chi connectivity index (χ1n) is 11.0. The molecule has 0 unspecified atom stereocenters. The van der Waals surface area contributed by atoms with Gasteiger partial charge in [0.1, 0.15) is 17.6 Å². The van der Waals surface area contributed by atoms with Crippen molar-refractivity contribution < 1.29 is 18.7 Å². The Kier molecular flexibility index (Phi) is 5.60. The molecule has 1 amide bonds. The number of allylic oxidation sites excluding steroid dienone is 1. The first-order valence-corrected chi connectivity index (χ1v) is 11.0. The maximum absolute atomic E-state index is 13.2. The molecule has 0 bridgehead atoms. The summed E-state index contributed by atoms with van der Waals surface area (Å²) in [7, 11) is 1.59. The largest absolute Gasteiger partial charge is 0.497 e. The normalized spacial score (nSPS) is 17.5. The van der Waals surface area contributed by atoms with Crippen molar-refractivity contribution in [2.45, 2.75) is 25.3 Å². The number of nitrogens with zero attached hydrogens (tertiary/aromatic N) is 1. The number of Topliss-reactive ketones (excluding diaryl/α,β-unsaturated/α-hetero) is 1. The molecule has 0 saturated carbocycles. The zero-order chi connectivity index (χ0) is 22.8. The summed E-state index contributed by atoms with van der Waals surface area (Å²) in [4.78, 5) is 28.3. The number of furan rings is 1. The Bertz CT molecular complexity index is 1220. The van der Waals surface area contributed by atoms with Gasteiger partial charge in [0, 0.05) is 29.4 Å². The second-order valence-corrected chi connectivity index (χ2v) is 8.14. The van der Waals surface area contributed by atoms with Gasteiger partial charge in [-0.3, -0.25) is 9.59 Å². The fourth-order valence-electron chi connectivity index (χ4n) is 4.57. The molecule has 2 N–H and O–H groups in total. The standard InChI is InChI=1S/C26H25N3O4/c1-32-18-8-4-7-17(15-18)27-24(31)16-29-21-11-3-2-9-19(21)28-20-10-5-12-22(30)25(20)26(29)23-13-6-14-33-23/h2-4,6-9,11,13-15,26,28H,5,10,12,16H2,1H3,(H,27,31)/t26-/m0/s1. The number of benzene rings is 2. The molecule has 33 heavy (non-hydrogen) atoms. The zero-order valence-electron chi connectivity index (χ0n) is 18.3. The molecule has 1 aliphatic carbocycles. The van der Waals surface area contributed by atoms with Gasteiger partial charge < -0.3 is 24.7 Å². The van der Waals surface area contributed by atoms with Crippen molar-refractivity contribution in [3.63, 3.8) is 0 Å². The Balaban J connectivity index is 1.56. The molecule has 2 heterocycles. The Morgan fingerprint density at radius 1 is 1.15 bits per heavy atom. The molecule has 0 radical (unpaired) electrons. The third kappa shape index (κ3) is 4.09. The van der Waals surface area contributed by atoms with Gasteiger partial charge in [-0.2, -0.15) is 0 Å². The van der Waals surface area contributed by atoms with Crippen LogP contribution in [0.4, 0.5) is 17.1 Å². The van der Waals surface area contributed by atoms with Crippen LogP contribution in [0, 0.1) is 0 Å². The minimum atomic E-state index is -0.505. The van der Waals surface area contributed by atoms with Crippen LogP contribution in [0.5, 0.6) is 5.75 Å². The lowest BCUT2D eigenvalue weighted by molar-refractivity contribution is -0.117. The van der Waals surface area contributed by atoms with Gasteiger partial charge in [0.15, 0.2) is 5.78 Å². The first-order chi connectivity index (χ1) is 16.1. The van der Waals surface area contributed by atoms with Gasteiger partial charge in [-0.1, -0.05) is 18.2 Å². The number of hydrogen-bond acceptors (Lipinski definition) is 6. The van der Waals surface area contributed by atoms with Crippen LogP contribution < -0.4 is 20.3 Å². The van der Waals surface area contributed by atoms with E-state index in [1.54, 1.807) is 19.4 Å². The van der Waals surface area contributed by atoms with Crippen molar-refractivity contribution in [2.75, 3.05) is 29.2 Å². The van der Waals surface area contributed by atoms with Gasteiger partial charge in [0.2, 0.25) is 5.91 Å². The summed E-state index contributed by atoms with van der Waals surface area (Å²) in [6.07, 6.45) is 3.66. The van der Waals surface area contributed by atoms with Crippen LogP contribution in [0.15, 0.2) is 82.6 Å². The summed E-state index contributed by atoms with van der Waals surface area (Å²) < 4.78 is 11.1. The molecule has 2 aromatic carbocycles. The first kappa shape index (κ1) is 20.9. The molecule has 3 aromatic rings. The van der Waals surface area contributed by atoms with E-state index in [4.69, 9.17) is 9.15 Å². The summed E-state index contributed by atoms with van der Waals surface area (Å²) in [5.41, 5.74) is 3.91. The number of ether oxygens (including phenoxy) is 1. The summed E-state index contributed by atoms with van der Waals surface area (Å²) >= 11 is 0. The van der Waals surface area contributed by atoms with Crippen LogP contribution in [0.1, 0.15) is 31.1 Å². The molecular formula is C26H25N3O4. The molecule has 7 nitrogen and oxygen atoms in total. The van der Waals surface area contributed by atoms with Gasteiger partial charge in [-0.05, 0) is 49.2 Å². The summed E-state index contributed by atoms with van der Waals surface area (Å²) in [6.45, 7) is 0.0331. The lowest BCUT2D eigenvalue weighted by Crippen LogP contribution is -2.38. The second kappa shape index (κ2) is 8.86. The van der Waals surface area contributed by atoms with Gasteiger partial charge >= 0.3 is 0 Å². The SMILES string of the molecule is COc1cccc(NC(=O)CN2c3ccccc3NC3=C(C(=O)CCC3)[C@@H]2c2ccco2)c1. The van der Waals surface area contributed by atoms with Gasteiger partial charge in [0.05, 0.1) is 31.3 Å². The highest BCUT2D eigenvalue weighted by Crippen LogP contribution is 2.44. The molecule has 1 aromatic heterocycles. The Morgan fingerprint density at radius 2 is 2.03 bits per heavy atom. The van der Waals surface area contributed by atoms with E-state index < -0.39 is 6.04 Å². The number of hydrogen-bond donors (Lipinski definition) is 2. The van der Waals surface area contributed by atoms with Crippen molar-refractivity contribution >= 4 is 28.8 Å². The molecule has 0 fully saturated rings. The molecule has 0 spiro atoms. The molecule has 1 atom stereocenters. The number of ketones is 1. The molecule has 0 saturated heterocycles. The van der Waals surface area contributed by atoms with Crippen LogP contribution >= 0.6 is 0 Å². The fraction of sp³-hybridized carbons (Fsp3) is 0.231. The summed E-state index contributed by atoms with van der Waals surface area (Å²) in [5, 5.41) is 6.43. The van der Waals surface area contributed by atoms with Crippen LogP contribution in [0.2, 0.25) is 0 Å². The number of carbonyl (C=O) groups excluding carboxylic acids is 2. The smallest absolute Gasteiger partial charge is 0.243 e. The topological polar surface area (TPSA) is 83.8 Å². The van der Waals surface area contributed by atoms with Gasteiger partial charge in [0.25, 0.3) is 0 Å². The number of methoxy groups -OCH3 is 1. The average Bonchev–Trinajstić information content (AvgIpc) is 3.31. The van der Waals surface area contributed by atoms with Crippen LogP contribution in [-0.4, -0.2) is 25.3 Å². The summed E-state index contributed by atoms with van der Waals surface area (Å²) in [5.74, 6) is 1.16. The molecule has 2 aliphatic rings. The predicted molar refractivity (Wildman–Crippen MR) is 126 cm³/mol. The molecular weight excluding hydrogens is 418 g/mol. The van der Waals surface area contributed by atoms with Gasteiger partial charge in [-0.25, -0.2) is 0 Å². The highest BCUT2D eigenvalue weighted by atomic mass is 16.5. The van der Waals surface area contributed by atoms with E-state index in [1.165, 1.54) is 0 Å². The van der Waals surface area contributed by atoms with E-state index in [1.807, 2.05) is 59.5 Å². The van der Waals surface area contributed by atoms with Crippen molar-refractivity contribution in [1.29, 1.82) is 0 Å². The third-order valence-electron chi connectivity index (χ3n) is 6.02. The lowest BCUT2D eigenvalue weighted by Gasteiger charge is -2.33. The Hall–Kier alpha value is -4.00. The van der Waals surface area contributed by atoms with E-state index in [9.17, 15) is 9.59 Å². The lowest BCUT2D eigenvalue weighted by atomic mass is 9.88. The van der Waals surface area contributed by atoms with Crippen molar-refractivity contribution in [3.05, 3.63) is 84.0 Å². The van der Waals surface area contributed by atoms with E-state index in [2.05, 4.69) is 10.6 Å². The number of anilines is 3. The van der Waals surface area contributed by atoms with Crippen molar-refractivity contribution in [3.8, 4) is 5.75 Å². The molecule has 168 valence electrons. The number of fused-ring (bicyclic) bond motifs is 1. The Labute approximate surface area is 192 Å². The number of amides is 1. The van der Waals surface area contributed by atoms with E-state index in [-0.39, 0.29) is 18.2 Å². The number of carbonyl (C=O) groups is 2. The zero-order valence-corrected chi connectivity index (χ0v) is 18.3. The van der Waals surface area contributed by atoms with E-state index in [0.717, 1.165) is 29.9 Å². The van der Waals surface area contributed by atoms with Gasteiger partial charge in [-0.15, -0.1) is 0 Å². The van der Waals surface area contributed by atoms with Crippen LogP contribution in [0.3, 0.4) is 0 Å². The highest BCUT2D eigenvalue weighted by molar-refractivity contribution is 6.02. The number of para-hydroxylation sites is 2. The number of nitrogens with one attached hydrogen (secondary N) is 2. The van der Waals surface area contributed by atoms with E-state index >= 15 is 0 Å². The third-order valence-corrected chi connectivity index (χ3v) is 6.02. The minimum Gasteiger partial charge on any atom is -0.497 e. The van der Waals surface area contributed by atoms with Crippen LogP contribution in [0.25, 0.3) is 0 Å². The monoisotopic (exact) mass is 443 g/mol. The Morgan fingerprint density at radius 3 is 2.85 bits per heavy atom. The summed E-state index contributed by atoms with van der Waals surface area (Å²) in [6, 6.07) is 18.2. The highest BCUT2D eigenvalue weighted by Gasteiger charge is 2.38. The fourth-order valence-corrected chi connectivity index (χ4v) is 4.57. The molecule has 1 aliphatic heterocycles. The number of rotatable bonds is 5. The average molecular weight is 444 g/mol. The second-order valence-electron chi connectivity index (χ2n) is 8.14. The maximum Gasteiger partial charge on any atom is 0.243 e. The predicted octanol–water partition coefficient (Wildman–Crippen LogP) is 4.91. The molecule has 5 rings (SSSR count). The maximum atomic E-state index is 13.2. The van der Waals surface area contributed by atoms with E-state index in [0.29, 0.717) is 29.2 Å². The van der Waals surface area contributed by atoms with Crippen molar-refractivity contribution in [1.82, 2.24) is 0 Å².